The molecule has 0 nitrogen and oxygen atoms in total. The first-order valence-electron chi connectivity index (χ1n) is 11.5. The third kappa shape index (κ3) is 25.2. The Kier molecular flexibility index (Phi) is 21.3. The molecule has 0 unspecified atom stereocenters. The molecule has 0 aromatic heterocycles. The zero-order chi connectivity index (χ0) is 22.0. The summed E-state index contributed by atoms with van der Waals surface area (Å²) < 4.78 is 0. The molecule has 0 heteroatoms. The molecular formula is C27H54. The summed E-state index contributed by atoms with van der Waals surface area (Å²) in [6.07, 6.45) is 6.54. The molecule has 0 saturated carbocycles. The summed E-state index contributed by atoms with van der Waals surface area (Å²) in [7, 11) is 0. The Morgan fingerprint density at radius 2 is 1.04 bits per heavy atom. The van der Waals surface area contributed by atoms with E-state index in [9.17, 15) is 0 Å². The van der Waals surface area contributed by atoms with Gasteiger partial charge < -0.3 is 0 Å². The molecule has 0 amide bonds. The van der Waals surface area contributed by atoms with Gasteiger partial charge in [0.05, 0.1) is 0 Å². The van der Waals surface area contributed by atoms with Gasteiger partial charge in [0.25, 0.3) is 0 Å². The standard InChI is InChI=1S/C15H24.2C5H12.C2H6/c1-5-7-14(8-6-2)15-10-12(3)9-13(4)11-15;1-5(2,3)4;1-4-5(2)3;1-2/h9-11,14H,5-8H2,1-4H3;1-4H3;5H,4H2,1-3H3;1-2H3. The van der Waals surface area contributed by atoms with Crippen molar-refractivity contribution in [2.75, 3.05) is 0 Å². The fourth-order valence-corrected chi connectivity index (χ4v) is 2.42. The van der Waals surface area contributed by atoms with Gasteiger partial charge in [0, 0.05) is 0 Å². The summed E-state index contributed by atoms with van der Waals surface area (Å²) in [6, 6.07) is 6.99. The van der Waals surface area contributed by atoms with Crippen LogP contribution < -0.4 is 0 Å². The van der Waals surface area contributed by atoms with E-state index in [1.165, 1.54) is 43.2 Å². The molecule has 0 saturated heterocycles. The molecule has 0 aliphatic carbocycles. The lowest BCUT2D eigenvalue weighted by Crippen LogP contribution is -1.99. The summed E-state index contributed by atoms with van der Waals surface area (Å²) in [5.41, 5.74) is 4.86. The predicted molar refractivity (Wildman–Crippen MR) is 130 cm³/mol. The Bertz CT molecular complexity index is 388. The van der Waals surface area contributed by atoms with Gasteiger partial charge in [-0.05, 0) is 49.5 Å². The van der Waals surface area contributed by atoms with Crippen molar-refractivity contribution >= 4 is 0 Å². The van der Waals surface area contributed by atoms with E-state index in [-0.39, 0.29) is 0 Å². The van der Waals surface area contributed by atoms with Crippen LogP contribution in [-0.4, -0.2) is 0 Å². The van der Waals surface area contributed by atoms with Gasteiger partial charge in [-0.25, -0.2) is 0 Å². The second-order valence-corrected chi connectivity index (χ2v) is 9.50. The van der Waals surface area contributed by atoms with E-state index in [1.807, 2.05) is 13.8 Å². The van der Waals surface area contributed by atoms with Gasteiger partial charge in [-0.15, -0.1) is 0 Å². The van der Waals surface area contributed by atoms with E-state index < -0.39 is 0 Å². The van der Waals surface area contributed by atoms with E-state index in [4.69, 9.17) is 0 Å². The highest BCUT2D eigenvalue weighted by atomic mass is 14.1. The summed E-state index contributed by atoms with van der Waals surface area (Å²) in [5, 5.41) is 0. The van der Waals surface area contributed by atoms with Gasteiger partial charge in [0.15, 0.2) is 0 Å². The molecule has 162 valence electrons. The molecule has 27 heavy (non-hydrogen) atoms. The molecular weight excluding hydrogens is 324 g/mol. The van der Waals surface area contributed by atoms with Crippen LogP contribution in [-0.2, 0) is 0 Å². The van der Waals surface area contributed by atoms with Crippen molar-refractivity contribution in [3.8, 4) is 0 Å². The highest BCUT2D eigenvalue weighted by Crippen LogP contribution is 2.27. The van der Waals surface area contributed by atoms with Crippen LogP contribution in [0.15, 0.2) is 18.2 Å². The largest absolute Gasteiger partial charge is 0.0683 e. The normalized spacial score (nSPS) is 10.3. The Morgan fingerprint density at radius 1 is 0.741 bits per heavy atom. The van der Waals surface area contributed by atoms with Crippen LogP contribution in [0.4, 0.5) is 0 Å². The van der Waals surface area contributed by atoms with Crippen LogP contribution in [0, 0.1) is 25.2 Å². The van der Waals surface area contributed by atoms with Crippen molar-refractivity contribution in [3.05, 3.63) is 34.9 Å². The van der Waals surface area contributed by atoms with Crippen LogP contribution in [0.1, 0.15) is 131 Å². The van der Waals surface area contributed by atoms with Crippen molar-refractivity contribution in [1.29, 1.82) is 0 Å². The number of aryl methyl sites for hydroxylation is 2. The number of rotatable bonds is 6. The maximum absolute atomic E-state index is 2.36. The molecule has 0 fully saturated rings. The molecule has 1 aromatic rings. The third-order valence-electron chi connectivity index (χ3n) is 3.81. The quantitative estimate of drug-likeness (QED) is 0.461. The maximum Gasteiger partial charge on any atom is -0.0162 e. The minimum Gasteiger partial charge on any atom is -0.0683 e. The summed E-state index contributed by atoms with van der Waals surface area (Å²) >= 11 is 0. The summed E-state index contributed by atoms with van der Waals surface area (Å²) in [6.45, 7) is 28.4. The van der Waals surface area contributed by atoms with Crippen LogP contribution in [0.25, 0.3) is 0 Å². The van der Waals surface area contributed by atoms with Crippen molar-refractivity contribution in [3.63, 3.8) is 0 Å². The summed E-state index contributed by atoms with van der Waals surface area (Å²) in [5.74, 6) is 1.66. The zero-order valence-corrected chi connectivity index (χ0v) is 21.4. The lowest BCUT2D eigenvalue weighted by atomic mass is 9.88. The van der Waals surface area contributed by atoms with Crippen LogP contribution in [0.2, 0.25) is 0 Å². The number of hydrogen-bond acceptors (Lipinski definition) is 0. The molecule has 0 N–H and O–H groups in total. The maximum atomic E-state index is 2.36. The molecule has 0 radical (unpaired) electrons. The highest BCUT2D eigenvalue weighted by molar-refractivity contribution is 5.30. The van der Waals surface area contributed by atoms with Crippen molar-refractivity contribution < 1.29 is 0 Å². The van der Waals surface area contributed by atoms with E-state index in [1.54, 1.807) is 5.56 Å². The third-order valence-corrected chi connectivity index (χ3v) is 3.81. The fraction of sp³-hybridized carbons (Fsp3) is 0.778. The van der Waals surface area contributed by atoms with Gasteiger partial charge >= 0.3 is 0 Å². The molecule has 0 heterocycles. The van der Waals surface area contributed by atoms with E-state index in [0.29, 0.717) is 5.41 Å². The fourth-order valence-electron chi connectivity index (χ4n) is 2.42. The monoisotopic (exact) mass is 378 g/mol. The second kappa shape index (κ2) is 18.6. The van der Waals surface area contributed by atoms with Crippen molar-refractivity contribution in [2.24, 2.45) is 11.3 Å². The molecule has 1 aromatic carbocycles. The van der Waals surface area contributed by atoms with Gasteiger partial charge in [-0.1, -0.05) is 125 Å². The predicted octanol–water partition coefficient (Wildman–Crippen LogP) is 10.1. The first kappa shape index (κ1) is 30.9. The minimum atomic E-state index is 0.500. The zero-order valence-electron chi connectivity index (χ0n) is 21.4. The van der Waals surface area contributed by atoms with Gasteiger partial charge in [0.1, 0.15) is 0 Å². The van der Waals surface area contributed by atoms with Crippen molar-refractivity contribution in [1.82, 2.24) is 0 Å². The average Bonchev–Trinajstić information content (AvgIpc) is 2.54. The Hall–Kier alpha value is -0.780. The van der Waals surface area contributed by atoms with E-state index in [2.05, 4.69) is 94.4 Å². The number of benzene rings is 1. The smallest absolute Gasteiger partial charge is 0.0162 e. The first-order chi connectivity index (χ1) is 12.4. The topological polar surface area (TPSA) is 0 Å². The molecule has 0 atom stereocenters. The number of hydrogen-bond donors (Lipinski definition) is 0. The molecule has 0 bridgehead atoms. The Labute approximate surface area is 174 Å². The Balaban J connectivity index is -0.000000397. The molecule has 1 rings (SSSR count). The summed E-state index contributed by atoms with van der Waals surface area (Å²) in [4.78, 5) is 0. The molecule has 0 aliphatic heterocycles. The van der Waals surface area contributed by atoms with Gasteiger partial charge in [0.2, 0.25) is 0 Å². The van der Waals surface area contributed by atoms with Crippen LogP contribution in [0.3, 0.4) is 0 Å². The van der Waals surface area contributed by atoms with Crippen molar-refractivity contribution in [2.45, 2.75) is 128 Å². The Morgan fingerprint density at radius 3 is 1.26 bits per heavy atom. The molecule has 0 spiro atoms. The second-order valence-electron chi connectivity index (χ2n) is 9.50. The lowest BCUT2D eigenvalue weighted by Gasteiger charge is -2.17. The average molecular weight is 379 g/mol. The molecule has 0 aliphatic rings. The van der Waals surface area contributed by atoms with Gasteiger partial charge in [-0.3, -0.25) is 0 Å². The lowest BCUT2D eigenvalue weighted by molar-refractivity contribution is 0.469. The highest BCUT2D eigenvalue weighted by Gasteiger charge is 2.10. The van der Waals surface area contributed by atoms with E-state index >= 15 is 0 Å². The first-order valence-corrected chi connectivity index (χ1v) is 11.5. The van der Waals surface area contributed by atoms with Crippen LogP contribution >= 0.6 is 0 Å². The SMILES string of the molecule is CC.CC(C)(C)C.CCC(C)C.CCCC(CCC)c1cc(C)cc(C)c1. The minimum absolute atomic E-state index is 0.500. The van der Waals surface area contributed by atoms with Crippen LogP contribution in [0.5, 0.6) is 0 Å². The van der Waals surface area contributed by atoms with E-state index in [0.717, 1.165) is 11.8 Å². The van der Waals surface area contributed by atoms with Gasteiger partial charge in [-0.2, -0.15) is 0 Å².